The number of ether oxygens (including phenoxy) is 1. The highest BCUT2D eigenvalue weighted by Crippen LogP contribution is 2.32. The number of hydrogen-bond acceptors (Lipinski definition) is 3. The largest absolute Gasteiger partial charge is 0.494 e. The number of amides is 2. The third kappa shape index (κ3) is 2.25. The van der Waals surface area contributed by atoms with Crippen molar-refractivity contribution in [1.82, 2.24) is 5.32 Å². The molecule has 0 spiro atoms. The Morgan fingerprint density at radius 3 is 2.63 bits per heavy atom. The van der Waals surface area contributed by atoms with E-state index in [1.165, 1.54) is 30.2 Å². The molecule has 1 aromatic rings. The number of carbonyl (C=O) groups excluding carboxylic acids is 2. The third-order valence-corrected chi connectivity index (χ3v) is 3.13. The van der Waals surface area contributed by atoms with Gasteiger partial charge >= 0.3 is 0 Å². The quantitative estimate of drug-likeness (QED) is 0.871. The van der Waals surface area contributed by atoms with Crippen molar-refractivity contribution < 1.29 is 18.7 Å². The second kappa shape index (κ2) is 4.87. The molecular weight excluding hydrogens is 251 g/mol. The molecule has 2 amide bonds. The van der Waals surface area contributed by atoms with E-state index in [2.05, 4.69) is 5.32 Å². The Morgan fingerprint density at radius 2 is 2.00 bits per heavy atom. The first kappa shape index (κ1) is 13.3. The highest BCUT2D eigenvalue weighted by Gasteiger charge is 2.37. The number of rotatable bonds is 2. The number of hydrogen-bond donors (Lipinski definition) is 1. The maximum absolute atomic E-state index is 13.2. The van der Waals surface area contributed by atoms with Crippen molar-refractivity contribution in [2.75, 3.05) is 12.0 Å². The van der Waals surface area contributed by atoms with Gasteiger partial charge in [-0.25, -0.2) is 4.39 Å². The molecule has 0 radical (unpaired) electrons. The molecule has 5 nitrogen and oxygen atoms in total. The number of anilines is 1. The average molecular weight is 266 g/mol. The first-order valence-electron chi connectivity index (χ1n) is 5.92. The van der Waals surface area contributed by atoms with Crippen LogP contribution in [0, 0.1) is 5.82 Å². The molecule has 19 heavy (non-hydrogen) atoms. The van der Waals surface area contributed by atoms with Gasteiger partial charge in [0.05, 0.1) is 12.8 Å². The van der Waals surface area contributed by atoms with Crippen LogP contribution in [0.15, 0.2) is 18.2 Å². The fourth-order valence-corrected chi connectivity index (χ4v) is 2.09. The molecule has 1 N–H and O–H groups in total. The summed E-state index contributed by atoms with van der Waals surface area (Å²) in [6.07, 6.45) is 0. The molecule has 1 fully saturated rings. The maximum atomic E-state index is 13.2. The van der Waals surface area contributed by atoms with E-state index < -0.39 is 17.9 Å². The number of halogens is 1. The van der Waals surface area contributed by atoms with Gasteiger partial charge in [0.15, 0.2) is 0 Å². The number of piperazine rings is 1. The lowest BCUT2D eigenvalue weighted by atomic mass is 10.1. The highest BCUT2D eigenvalue weighted by atomic mass is 19.1. The van der Waals surface area contributed by atoms with E-state index in [9.17, 15) is 14.0 Å². The first-order chi connectivity index (χ1) is 8.95. The van der Waals surface area contributed by atoms with Gasteiger partial charge in [0, 0.05) is 6.07 Å². The van der Waals surface area contributed by atoms with Crippen LogP contribution in [-0.2, 0) is 9.59 Å². The van der Waals surface area contributed by atoms with Crippen molar-refractivity contribution in [3.63, 3.8) is 0 Å². The highest BCUT2D eigenvalue weighted by molar-refractivity contribution is 6.08. The first-order valence-corrected chi connectivity index (χ1v) is 5.92. The predicted octanol–water partition coefficient (Wildman–Crippen LogP) is 1.07. The number of benzene rings is 1. The molecule has 0 aliphatic carbocycles. The topological polar surface area (TPSA) is 58.6 Å². The van der Waals surface area contributed by atoms with Crippen LogP contribution in [0.4, 0.5) is 10.1 Å². The summed E-state index contributed by atoms with van der Waals surface area (Å²) in [6.45, 7) is 3.22. The van der Waals surface area contributed by atoms with Gasteiger partial charge in [0.1, 0.15) is 23.7 Å². The van der Waals surface area contributed by atoms with Gasteiger partial charge in [-0.2, -0.15) is 0 Å². The Kier molecular flexibility index (Phi) is 3.42. The fourth-order valence-electron chi connectivity index (χ4n) is 2.09. The molecular formula is C13H15FN2O3. The van der Waals surface area contributed by atoms with Crippen molar-refractivity contribution in [3.8, 4) is 5.75 Å². The predicted molar refractivity (Wildman–Crippen MR) is 67.5 cm³/mol. The number of methoxy groups -OCH3 is 1. The molecule has 2 atom stereocenters. The van der Waals surface area contributed by atoms with E-state index in [4.69, 9.17) is 4.74 Å². The minimum atomic E-state index is -0.664. The molecule has 1 aromatic carbocycles. The van der Waals surface area contributed by atoms with Gasteiger partial charge in [0.25, 0.3) is 0 Å². The lowest BCUT2D eigenvalue weighted by Crippen LogP contribution is -2.61. The second-order valence-electron chi connectivity index (χ2n) is 4.43. The van der Waals surface area contributed by atoms with Crippen LogP contribution >= 0.6 is 0 Å². The Bertz CT molecular complexity index is 533. The van der Waals surface area contributed by atoms with E-state index in [0.29, 0.717) is 5.69 Å². The molecule has 0 aromatic heterocycles. The normalized spacial score (nSPS) is 23.3. The Morgan fingerprint density at radius 1 is 1.32 bits per heavy atom. The molecule has 1 aliphatic rings. The van der Waals surface area contributed by atoms with Crippen LogP contribution in [0.25, 0.3) is 0 Å². The standard InChI is InChI=1S/C13H15FN2O3/c1-7-13(18)16(8(2)12(17)15-7)10-5-4-9(14)6-11(10)19-3/h4-8H,1-3H3,(H,15,17). The van der Waals surface area contributed by atoms with Crippen LogP contribution in [0.2, 0.25) is 0 Å². The van der Waals surface area contributed by atoms with Crippen molar-refractivity contribution in [1.29, 1.82) is 0 Å². The Hall–Kier alpha value is -2.11. The molecule has 1 heterocycles. The summed E-state index contributed by atoms with van der Waals surface area (Å²) in [7, 11) is 1.39. The van der Waals surface area contributed by atoms with Gasteiger partial charge in [-0.05, 0) is 26.0 Å². The zero-order valence-corrected chi connectivity index (χ0v) is 10.9. The minimum absolute atomic E-state index is 0.224. The Balaban J connectivity index is 2.49. The van der Waals surface area contributed by atoms with Crippen LogP contribution in [0.1, 0.15) is 13.8 Å². The van der Waals surface area contributed by atoms with Crippen molar-refractivity contribution in [2.45, 2.75) is 25.9 Å². The van der Waals surface area contributed by atoms with Gasteiger partial charge < -0.3 is 10.1 Å². The Labute approximate surface area is 110 Å². The zero-order chi connectivity index (χ0) is 14.2. The molecule has 2 rings (SSSR count). The second-order valence-corrected chi connectivity index (χ2v) is 4.43. The molecule has 6 heteroatoms. The number of nitrogens with zero attached hydrogens (tertiary/aromatic N) is 1. The van der Waals surface area contributed by atoms with Gasteiger partial charge in [0.2, 0.25) is 11.8 Å². The molecule has 0 bridgehead atoms. The average Bonchev–Trinajstić information content (AvgIpc) is 2.38. The summed E-state index contributed by atoms with van der Waals surface area (Å²) in [5.41, 5.74) is 0.392. The van der Waals surface area contributed by atoms with Crippen molar-refractivity contribution in [3.05, 3.63) is 24.0 Å². The van der Waals surface area contributed by atoms with E-state index in [1.54, 1.807) is 13.8 Å². The lowest BCUT2D eigenvalue weighted by molar-refractivity contribution is -0.133. The number of nitrogens with one attached hydrogen (secondary N) is 1. The summed E-state index contributed by atoms with van der Waals surface area (Å²) in [6, 6.07) is 2.58. The van der Waals surface area contributed by atoms with Crippen LogP contribution in [-0.4, -0.2) is 31.0 Å². The summed E-state index contributed by atoms with van der Waals surface area (Å²) < 4.78 is 18.3. The van der Waals surface area contributed by atoms with Crippen LogP contribution < -0.4 is 15.0 Å². The summed E-state index contributed by atoms with van der Waals surface area (Å²) >= 11 is 0. The van der Waals surface area contributed by atoms with Crippen molar-refractivity contribution >= 4 is 17.5 Å². The van der Waals surface area contributed by atoms with E-state index >= 15 is 0 Å². The minimum Gasteiger partial charge on any atom is -0.494 e. The van der Waals surface area contributed by atoms with Gasteiger partial charge in [-0.1, -0.05) is 0 Å². The SMILES string of the molecule is COc1cc(F)ccc1N1C(=O)C(C)NC(=O)C1C. The lowest BCUT2D eigenvalue weighted by Gasteiger charge is -2.36. The summed E-state index contributed by atoms with van der Waals surface area (Å²) in [5.74, 6) is -0.743. The molecule has 1 aliphatic heterocycles. The molecule has 102 valence electrons. The smallest absolute Gasteiger partial charge is 0.250 e. The molecule has 1 saturated heterocycles. The van der Waals surface area contributed by atoms with E-state index in [1.807, 2.05) is 0 Å². The zero-order valence-electron chi connectivity index (χ0n) is 10.9. The van der Waals surface area contributed by atoms with E-state index in [-0.39, 0.29) is 17.6 Å². The molecule has 0 saturated carbocycles. The van der Waals surface area contributed by atoms with Crippen LogP contribution in [0.3, 0.4) is 0 Å². The summed E-state index contributed by atoms with van der Waals surface area (Å²) in [5, 5.41) is 2.58. The van der Waals surface area contributed by atoms with Crippen LogP contribution in [0.5, 0.6) is 5.75 Å². The van der Waals surface area contributed by atoms with Crippen molar-refractivity contribution in [2.24, 2.45) is 0 Å². The third-order valence-electron chi connectivity index (χ3n) is 3.13. The molecule has 2 unspecified atom stereocenters. The maximum Gasteiger partial charge on any atom is 0.250 e. The fraction of sp³-hybridized carbons (Fsp3) is 0.385. The monoisotopic (exact) mass is 266 g/mol. The van der Waals surface area contributed by atoms with Gasteiger partial charge in [-0.3, -0.25) is 14.5 Å². The van der Waals surface area contributed by atoms with E-state index in [0.717, 1.165) is 0 Å². The summed E-state index contributed by atoms with van der Waals surface area (Å²) in [4.78, 5) is 25.3. The number of carbonyl (C=O) groups is 2. The van der Waals surface area contributed by atoms with Gasteiger partial charge in [-0.15, -0.1) is 0 Å².